The van der Waals surface area contributed by atoms with Crippen LogP contribution in [0.1, 0.15) is 53.4 Å². The number of alkyl halides is 2. The topological polar surface area (TPSA) is 3.24 Å². The first kappa shape index (κ1) is 14.9. The molecule has 0 bridgehead atoms. The lowest BCUT2D eigenvalue weighted by Crippen LogP contribution is -2.51. The molecule has 102 valence electrons. The highest BCUT2D eigenvalue weighted by Gasteiger charge is 2.34. The van der Waals surface area contributed by atoms with Crippen LogP contribution in [0.2, 0.25) is 0 Å². The minimum absolute atomic E-state index is 0.0693. The average molecular weight is 247 g/mol. The van der Waals surface area contributed by atoms with Crippen molar-refractivity contribution in [3.63, 3.8) is 0 Å². The van der Waals surface area contributed by atoms with Gasteiger partial charge < -0.3 is 0 Å². The molecule has 1 rings (SSSR count). The molecule has 1 saturated heterocycles. The van der Waals surface area contributed by atoms with E-state index in [9.17, 15) is 8.78 Å². The van der Waals surface area contributed by atoms with Crippen molar-refractivity contribution in [3.8, 4) is 0 Å². The zero-order valence-corrected chi connectivity index (χ0v) is 11.6. The maximum absolute atomic E-state index is 12.4. The predicted octanol–water partition coefficient (Wildman–Crippen LogP) is 4.18. The van der Waals surface area contributed by atoms with Crippen LogP contribution < -0.4 is 0 Å². The Morgan fingerprint density at radius 3 is 2.29 bits per heavy atom. The van der Waals surface area contributed by atoms with Crippen molar-refractivity contribution in [3.05, 3.63) is 0 Å². The molecule has 0 N–H and O–H groups in total. The molecule has 1 aliphatic rings. The Morgan fingerprint density at radius 2 is 1.82 bits per heavy atom. The molecule has 2 unspecified atom stereocenters. The highest BCUT2D eigenvalue weighted by atomic mass is 19.3. The number of likely N-dealkylation sites (tertiary alicyclic amines) is 1. The molecule has 0 aliphatic carbocycles. The fourth-order valence-electron chi connectivity index (χ4n) is 3.31. The van der Waals surface area contributed by atoms with Crippen molar-refractivity contribution < 1.29 is 8.78 Å². The average Bonchev–Trinajstić information content (AvgIpc) is 2.25. The molecule has 1 nitrogen and oxygen atoms in total. The molecule has 0 amide bonds. The summed E-state index contributed by atoms with van der Waals surface area (Å²) in [6.07, 6.45) is 0.898. The Balaban J connectivity index is 2.66. The van der Waals surface area contributed by atoms with Gasteiger partial charge in [-0.25, -0.2) is 8.78 Å². The van der Waals surface area contributed by atoms with Gasteiger partial charge in [-0.3, -0.25) is 4.90 Å². The van der Waals surface area contributed by atoms with E-state index in [-0.39, 0.29) is 6.42 Å². The summed E-state index contributed by atoms with van der Waals surface area (Å²) >= 11 is 0. The van der Waals surface area contributed by atoms with Crippen molar-refractivity contribution in [1.29, 1.82) is 0 Å². The van der Waals surface area contributed by atoms with E-state index in [0.717, 1.165) is 19.4 Å². The maximum Gasteiger partial charge on any atom is 0.238 e. The first-order valence-corrected chi connectivity index (χ1v) is 6.97. The first-order chi connectivity index (χ1) is 7.93. The Morgan fingerprint density at radius 1 is 1.18 bits per heavy atom. The molecule has 2 atom stereocenters. The highest BCUT2D eigenvalue weighted by Crippen LogP contribution is 2.33. The molecular formula is C14H27F2N. The first-order valence-electron chi connectivity index (χ1n) is 6.97. The van der Waals surface area contributed by atoms with Crippen LogP contribution in [0.5, 0.6) is 0 Å². The molecule has 3 heteroatoms. The van der Waals surface area contributed by atoms with Crippen LogP contribution in [-0.2, 0) is 0 Å². The Labute approximate surface area is 105 Å². The van der Waals surface area contributed by atoms with E-state index in [4.69, 9.17) is 0 Å². The number of nitrogens with zero attached hydrogens (tertiary/aromatic N) is 1. The van der Waals surface area contributed by atoms with Gasteiger partial charge in [0.05, 0.1) is 0 Å². The lowest BCUT2D eigenvalue weighted by atomic mass is 9.79. The molecule has 0 aromatic carbocycles. The van der Waals surface area contributed by atoms with E-state index in [1.165, 1.54) is 0 Å². The van der Waals surface area contributed by atoms with E-state index >= 15 is 0 Å². The van der Waals surface area contributed by atoms with Gasteiger partial charge in [-0.2, -0.15) is 0 Å². The van der Waals surface area contributed by atoms with E-state index in [1.54, 1.807) is 0 Å². The molecule has 1 heterocycles. The number of hydrogen-bond donors (Lipinski definition) is 0. The standard InChI is InChI=1S/C14H27F2N/c1-10(2)14-12(7-8-13(15)16)6-5-9-17(14)11(3)4/h10-14H,5-9H2,1-4H3. The third kappa shape index (κ3) is 4.20. The van der Waals surface area contributed by atoms with E-state index in [0.29, 0.717) is 30.3 Å². The van der Waals surface area contributed by atoms with Crippen molar-refractivity contribution >= 4 is 0 Å². The zero-order valence-electron chi connectivity index (χ0n) is 11.6. The smallest absolute Gasteiger partial charge is 0.238 e. The largest absolute Gasteiger partial charge is 0.297 e. The van der Waals surface area contributed by atoms with E-state index in [2.05, 4.69) is 32.6 Å². The Kier molecular flexibility index (Phi) is 5.84. The highest BCUT2D eigenvalue weighted by molar-refractivity contribution is 4.88. The van der Waals surface area contributed by atoms with Gasteiger partial charge >= 0.3 is 0 Å². The Bertz CT molecular complexity index is 216. The van der Waals surface area contributed by atoms with Crippen LogP contribution in [-0.4, -0.2) is 30.0 Å². The monoisotopic (exact) mass is 247 g/mol. The summed E-state index contributed by atoms with van der Waals surface area (Å²) in [5.74, 6) is 1.01. The third-order valence-corrected chi connectivity index (χ3v) is 3.96. The minimum Gasteiger partial charge on any atom is -0.297 e. The second-order valence-electron chi connectivity index (χ2n) is 5.94. The molecule has 0 saturated carbocycles. The quantitative estimate of drug-likeness (QED) is 0.704. The number of piperidine rings is 1. The molecule has 1 fully saturated rings. The van der Waals surface area contributed by atoms with Gasteiger partial charge in [0.15, 0.2) is 0 Å². The Hall–Kier alpha value is -0.180. The van der Waals surface area contributed by atoms with Crippen LogP contribution in [0.25, 0.3) is 0 Å². The van der Waals surface area contributed by atoms with Gasteiger partial charge in [0, 0.05) is 18.5 Å². The molecule has 17 heavy (non-hydrogen) atoms. The summed E-state index contributed by atoms with van der Waals surface area (Å²) in [5, 5.41) is 0. The predicted molar refractivity (Wildman–Crippen MR) is 68.4 cm³/mol. The third-order valence-electron chi connectivity index (χ3n) is 3.96. The molecular weight excluding hydrogens is 220 g/mol. The fraction of sp³-hybridized carbons (Fsp3) is 1.00. The van der Waals surface area contributed by atoms with Crippen molar-refractivity contribution in [2.45, 2.75) is 71.9 Å². The second-order valence-corrected chi connectivity index (χ2v) is 5.94. The molecule has 0 aromatic heterocycles. The van der Waals surface area contributed by atoms with E-state index in [1.807, 2.05) is 0 Å². The van der Waals surface area contributed by atoms with Crippen LogP contribution in [0.15, 0.2) is 0 Å². The van der Waals surface area contributed by atoms with Gasteiger partial charge in [-0.1, -0.05) is 13.8 Å². The molecule has 0 radical (unpaired) electrons. The van der Waals surface area contributed by atoms with Crippen LogP contribution in [0.4, 0.5) is 8.78 Å². The van der Waals surface area contributed by atoms with Gasteiger partial charge in [0.25, 0.3) is 0 Å². The SMILES string of the molecule is CC(C)C1C(CCC(F)F)CCCN1C(C)C. The fourth-order valence-corrected chi connectivity index (χ4v) is 3.31. The normalized spacial score (nSPS) is 27.4. The summed E-state index contributed by atoms with van der Waals surface area (Å²) in [4.78, 5) is 2.52. The summed E-state index contributed by atoms with van der Waals surface area (Å²) in [7, 11) is 0. The van der Waals surface area contributed by atoms with Crippen LogP contribution >= 0.6 is 0 Å². The number of hydrogen-bond acceptors (Lipinski definition) is 1. The van der Waals surface area contributed by atoms with Crippen molar-refractivity contribution in [2.75, 3.05) is 6.54 Å². The van der Waals surface area contributed by atoms with E-state index < -0.39 is 6.43 Å². The van der Waals surface area contributed by atoms with Crippen LogP contribution in [0, 0.1) is 11.8 Å². The van der Waals surface area contributed by atoms with Gasteiger partial charge in [0.1, 0.15) is 0 Å². The lowest BCUT2D eigenvalue weighted by molar-refractivity contribution is 0.0216. The van der Waals surface area contributed by atoms with Gasteiger partial charge in [-0.05, 0) is 51.5 Å². The van der Waals surface area contributed by atoms with Crippen molar-refractivity contribution in [2.24, 2.45) is 11.8 Å². The summed E-state index contributed by atoms with van der Waals surface area (Å²) in [5.41, 5.74) is 0. The number of halogens is 2. The number of rotatable bonds is 5. The maximum atomic E-state index is 12.4. The zero-order chi connectivity index (χ0) is 13.0. The summed E-state index contributed by atoms with van der Waals surface area (Å²) < 4.78 is 24.7. The summed E-state index contributed by atoms with van der Waals surface area (Å²) in [6, 6.07) is 1.01. The van der Waals surface area contributed by atoms with Gasteiger partial charge in [0.2, 0.25) is 6.43 Å². The summed E-state index contributed by atoms with van der Waals surface area (Å²) in [6.45, 7) is 10.0. The van der Waals surface area contributed by atoms with Gasteiger partial charge in [-0.15, -0.1) is 0 Å². The molecule has 1 aliphatic heterocycles. The van der Waals surface area contributed by atoms with Crippen LogP contribution in [0.3, 0.4) is 0 Å². The lowest BCUT2D eigenvalue weighted by Gasteiger charge is -2.46. The second kappa shape index (κ2) is 6.67. The minimum atomic E-state index is -2.14. The van der Waals surface area contributed by atoms with Crippen molar-refractivity contribution in [1.82, 2.24) is 4.90 Å². The molecule has 0 aromatic rings. The molecule has 0 spiro atoms.